The van der Waals surface area contributed by atoms with Crippen LogP contribution in [-0.2, 0) is 0 Å². The average molecular weight is 271 g/mol. The van der Waals surface area contributed by atoms with E-state index in [1.165, 1.54) is 17.8 Å². The van der Waals surface area contributed by atoms with Gasteiger partial charge in [-0.05, 0) is 43.0 Å². The van der Waals surface area contributed by atoms with E-state index in [9.17, 15) is 4.79 Å². The van der Waals surface area contributed by atoms with Gasteiger partial charge in [-0.2, -0.15) is 5.26 Å². The average Bonchev–Trinajstić information content (AvgIpc) is 2.38. The van der Waals surface area contributed by atoms with Gasteiger partial charge in [-0.25, -0.2) is 14.8 Å². The molecule has 94 valence electrons. The van der Waals surface area contributed by atoms with Crippen LogP contribution < -0.4 is 0 Å². The molecule has 0 bridgehead atoms. The zero-order valence-corrected chi connectivity index (χ0v) is 10.8. The molecule has 0 amide bonds. The summed E-state index contributed by atoms with van der Waals surface area (Å²) in [5.41, 5.74) is 1.20. The van der Waals surface area contributed by atoms with E-state index in [0.29, 0.717) is 16.5 Å². The Morgan fingerprint density at radius 1 is 1.37 bits per heavy atom. The van der Waals surface area contributed by atoms with E-state index in [-0.39, 0.29) is 5.56 Å². The van der Waals surface area contributed by atoms with Gasteiger partial charge in [0.1, 0.15) is 11.8 Å². The summed E-state index contributed by atoms with van der Waals surface area (Å²) >= 11 is 1.23. The Balaban J connectivity index is 2.31. The molecule has 2 rings (SSSR count). The molecule has 1 aromatic carbocycles. The van der Waals surface area contributed by atoms with Crippen molar-refractivity contribution in [3.05, 3.63) is 47.3 Å². The number of nitriles is 1. The molecule has 0 atom stereocenters. The lowest BCUT2D eigenvalue weighted by atomic mass is 10.2. The van der Waals surface area contributed by atoms with Gasteiger partial charge in [0.25, 0.3) is 0 Å². The lowest BCUT2D eigenvalue weighted by Gasteiger charge is -2.03. The van der Waals surface area contributed by atoms with Crippen LogP contribution in [0.15, 0.2) is 40.4 Å². The Labute approximate surface area is 113 Å². The maximum absolute atomic E-state index is 10.9. The minimum absolute atomic E-state index is 0.207. The van der Waals surface area contributed by atoms with Gasteiger partial charge in [-0.1, -0.05) is 6.07 Å². The number of carbonyl (C=O) groups is 1. The van der Waals surface area contributed by atoms with E-state index in [2.05, 4.69) is 9.97 Å². The number of aromatic nitrogens is 2. The Hall–Kier alpha value is -2.39. The molecule has 0 aliphatic carbocycles. The molecule has 0 saturated carbocycles. The van der Waals surface area contributed by atoms with Gasteiger partial charge >= 0.3 is 5.97 Å². The molecule has 0 saturated heterocycles. The highest BCUT2D eigenvalue weighted by atomic mass is 32.2. The van der Waals surface area contributed by atoms with Crippen LogP contribution in [0.4, 0.5) is 0 Å². The first-order chi connectivity index (χ1) is 9.08. The van der Waals surface area contributed by atoms with Crippen LogP contribution in [0, 0.1) is 18.3 Å². The molecule has 1 aromatic heterocycles. The first kappa shape index (κ1) is 13.1. The molecule has 0 radical (unpaired) electrons. The fraction of sp³-hybridized carbons (Fsp3) is 0.0769. The van der Waals surface area contributed by atoms with E-state index in [4.69, 9.17) is 10.4 Å². The second kappa shape index (κ2) is 5.50. The summed E-state index contributed by atoms with van der Waals surface area (Å²) in [6, 6.07) is 10.1. The Morgan fingerprint density at radius 2 is 2.16 bits per heavy atom. The van der Waals surface area contributed by atoms with Crippen LogP contribution in [-0.4, -0.2) is 21.0 Å². The van der Waals surface area contributed by atoms with Crippen molar-refractivity contribution in [1.82, 2.24) is 9.97 Å². The summed E-state index contributed by atoms with van der Waals surface area (Å²) in [7, 11) is 0. The van der Waals surface area contributed by atoms with Crippen molar-refractivity contribution in [1.29, 1.82) is 5.26 Å². The molecule has 0 aliphatic rings. The van der Waals surface area contributed by atoms with Crippen molar-refractivity contribution in [2.45, 2.75) is 17.0 Å². The predicted molar refractivity (Wildman–Crippen MR) is 69.0 cm³/mol. The molecule has 1 heterocycles. The quantitative estimate of drug-likeness (QED) is 0.863. The van der Waals surface area contributed by atoms with Gasteiger partial charge in [-0.3, -0.25) is 0 Å². The fourth-order valence-electron chi connectivity index (χ4n) is 1.44. The first-order valence-electron chi connectivity index (χ1n) is 5.35. The summed E-state index contributed by atoms with van der Waals surface area (Å²) in [5.74, 6) is -0.981. The topological polar surface area (TPSA) is 86.9 Å². The summed E-state index contributed by atoms with van der Waals surface area (Å²) in [4.78, 5) is 19.9. The van der Waals surface area contributed by atoms with Gasteiger partial charge in [0.15, 0.2) is 5.16 Å². The molecule has 0 spiro atoms. The Bertz CT molecular complexity index is 680. The molecule has 0 aliphatic heterocycles. The van der Waals surface area contributed by atoms with Crippen LogP contribution in [0.25, 0.3) is 0 Å². The summed E-state index contributed by atoms with van der Waals surface area (Å²) in [6.45, 7) is 1.78. The molecule has 1 N–H and O–H groups in total. The monoisotopic (exact) mass is 271 g/mol. The van der Waals surface area contributed by atoms with Crippen molar-refractivity contribution in [3.63, 3.8) is 0 Å². The highest BCUT2D eigenvalue weighted by Gasteiger charge is 2.07. The number of aryl methyl sites for hydroxylation is 1. The zero-order valence-electron chi connectivity index (χ0n) is 9.99. The van der Waals surface area contributed by atoms with Crippen molar-refractivity contribution in [2.75, 3.05) is 0 Å². The van der Waals surface area contributed by atoms with Gasteiger partial charge in [0.2, 0.25) is 0 Å². The molecule has 0 unspecified atom stereocenters. The highest BCUT2D eigenvalue weighted by Crippen LogP contribution is 2.25. The number of nitrogens with zero attached hydrogens (tertiary/aromatic N) is 3. The Kier molecular flexibility index (Phi) is 3.78. The van der Waals surface area contributed by atoms with Crippen molar-refractivity contribution < 1.29 is 9.90 Å². The molecule has 5 nitrogen and oxygen atoms in total. The maximum Gasteiger partial charge on any atom is 0.335 e. The minimum atomic E-state index is -0.981. The van der Waals surface area contributed by atoms with Gasteiger partial charge in [0.05, 0.1) is 5.56 Å². The van der Waals surface area contributed by atoms with E-state index in [0.717, 1.165) is 4.90 Å². The zero-order chi connectivity index (χ0) is 13.8. The fourth-order valence-corrected chi connectivity index (χ4v) is 2.32. The second-order valence-corrected chi connectivity index (χ2v) is 4.76. The van der Waals surface area contributed by atoms with Gasteiger partial charge in [-0.15, -0.1) is 0 Å². The number of hydrogen-bond acceptors (Lipinski definition) is 5. The maximum atomic E-state index is 10.9. The molecular formula is C13H9N3O2S. The van der Waals surface area contributed by atoms with E-state index in [1.807, 2.05) is 6.07 Å². The van der Waals surface area contributed by atoms with Gasteiger partial charge in [0, 0.05) is 10.6 Å². The first-order valence-corrected chi connectivity index (χ1v) is 6.17. The van der Waals surface area contributed by atoms with Crippen LogP contribution in [0.1, 0.15) is 21.7 Å². The Morgan fingerprint density at radius 3 is 2.84 bits per heavy atom. The molecule has 0 fully saturated rings. The molecule has 2 aromatic rings. The van der Waals surface area contributed by atoms with Crippen molar-refractivity contribution in [2.24, 2.45) is 0 Å². The lowest BCUT2D eigenvalue weighted by Crippen LogP contribution is -1.96. The third-order valence-electron chi connectivity index (χ3n) is 2.24. The number of carboxylic acids is 1. The summed E-state index contributed by atoms with van der Waals surface area (Å²) in [6.07, 6.45) is 0. The molecule has 6 heteroatoms. The van der Waals surface area contributed by atoms with Gasteiger partial charge < -0.3 is 5.11 Å². The van der Waals surface area contributed by atoms with E-state index in [1.54, 1.807) is 31.2 Å². The van der Waals surface area contributed by atoms with E-state index >= 15 is 0 Å². The van der Waals surface area contributed by atoms with Crippen LogP contribution >= 0.6 is 11.8 Å². The molecular weight excluding hydrogens is 262 g/mol. The second-order valence-electron chi connectivity index (χ2n) is 3.72. The van der Waals surface area contributed by atoms with Crippen molar-refractivity contribution in [3.8, 4) is 6.07 Å². The van der Waals surface area contributed by atoms with Crippen molar-refractivity contribution >= 4 is 17.7 Å². The smallest absolute Gasteiger partial charge is 0.335 e. The largest absolute Gasteiger partial charge is 0.478 e. The SMILES string of the molecule is Cc1cc(C#N)nc(Sc2cccc(C(=O)O)c2)n1. The summed E-state index contributed by atoms with van der Waals surface area (Å²) < 4.78 is 0. The number of benzene rings is 1. The highest BCUT2D eigenvalue weighted by molar-refractivity contribution is 7.99. The predicted octanol–water partition coefficient (Wildman–Crippen LogP) is 2.51. The number of hydrogen-bond donors (Lipinski definition) is 1. The normalized spacial score (nSPS) is 9.89. The van der Waals surface area contributed by atoms with Crippen LogP contribution in [0.5, 0.6) is 0 Å². The minimum Gasteiger partial charge on any atom is -0.478 e. The summed E-state index contributed by atoms with van der Waals surface area (Å²) in [5, 5.41) is 18.2. The van der Waals surface area contributed by atoms with E-state index < -0.39 is 5.97 Å². The lowest BCUT2D eigenvalue weighted by molar-refractivity contribution is 0.0696. The molecule has 19 heavy (non-hydrogen) atoms. The third-order valence-corrected chi connectivity index (χ3v) is 3.09. The number of rotatable bonds is 3. The van der Waals surface area contributed by atoms with Crippen LogP contribution in [0.2, 0.25) is 0 Å². The standard InChI is InChI=1S/C13H9N3O2S/c1-8-5-10(7-14)16-13(15-8)19-11-4-2-3-9(6-11)12(17)18/h2-6H,1H3,(H,17,18). The number of carboxylic acid groups (broad SMARTS) is 1. The number of aromatic carboxylic acids is 1. The van der Waals surface area contributed by atoms with Crippen LogP contribution in [0.3, 0.4) is 0 Å². The third kappa shape index (κ3) is 3.30.